The highest BCUT2D eigenvalue weighted by Gasteiger charge is 2.27. The summed E-state index contributed by atoms with van der Waals surface area (Å²) in [4.78, 5) is 21.0. The first-order valence-corrected chi connectivity index (χ1v) is 4.53. The van der Waals surface area contributed by atoms with Crippen molar-refractivity contribution in [2.24, 2.45) is 0 Å². The molecule has 1 atom stereocenters. The molecule has 0 bridgehead atoms. The highest BCUT2D eigenvalue weighted by Crippen LogP contribution is 2.34. The van der Waals surface area contributed by atoms with E-state index in [-0.39, 0.29) is 17.0 Å². The topological polar surface area (TPSA) is 89.7 Å². The summed E-state index contributed by atoms with van der Waals surface area (Å²) >= 11 is 0. The van der Waals surface area contributed by atoms with Gasteiger partial charge in [-0.2, -0.15) is 0 Å². The van der Waals surface area contributed by atoms with E-state index in [9.17, 15) is 14.9 Å². The number of nitro groups is 1. The molecule has 0 aromatic heterocycles. The third kappa shape index (κ3) is 2.10. The van der Waals surface area contributed by atoms with Crippen LogP contribution in [0.4, 0.5) is 5.69 Å². The van der Waals surface area contributed by atoms with Crippen LogP contribution >= 0.6 is 0 Å². The molecule has 6 heteroatoms. The summed E-state index contributed by atoms with van der Waals surface area (Å²) in [5, 5.41) is 19.7. The molecule has 0 fully saturated rings. The molecule has 16 heavy (non-hydrogen) atoms. The molecule has 0 aliphatic heterocycles. The van der Waals surface area contributed by atoms with Gasteiger partial charge in [0.15, 0.2) is 5.75 Å². The van der Waals surface area contributed by atoms with E-state index < -0.39 is 16.8 Å². The number of ether oxygens (including phenoxy) is 1. The predicted molar refractivity (Wildman–Crippen MR) is 55.7 cm³/mol. The van der Waals surface area contributed by atoms with Crippen LogP contribution in [-0.2, 0) is 4.79 Å². The van der Waals surface area contributed by atoms with Crippen LogP contribution in [0.15, 0.2) is 18.2 Å². The van der Waals surface area contributed by atoms with E-state index >= 15 is 0 Å². The van der Waals surface area contributed by atoms with Gasteiger partial charge in [0, 0.05) is 5.56 Å². The molecule has 0 spiro atoms. The number of carboxylic acid groups (broad SMARTS) is 1. The van der Waals surface area contributed by atoms with Gasteiger partial charge in [-0.1, -0.05) is 12.1 Å². The van der Waals surface area contributed by atoms with Gasteiger partial charge in [-0.25, -0.2) is 0 Å². The number of carbonyl (C=O) groups is 1. The molecule has 1 aromatic rings. The Balaban J connectivity index is 3.38. The molecule has 0 saturated heterocycles. The summed E-state index contributed by atoms with van der Waals surface area (Å²) in [6.45, 7) is 1.39. The summed E-state index contributed by atoms with van der Waals surface area (Å²) in [5.41, 5.74) is -0.156. The van der Waals surface area contributed by atoms with Crippen molar-refractivity contribution < 1.29 is 19.6 Å². The van der Waals surface area contributed by atoms with Crippen LogP contribution in [0.1, 0.15) is 18.4 Å². The zero-order chi connectivity index (χ0) is 12.3. The Labute approximate surface area is 91.6 Å². The Morgan fingerprint density at radius 3 is 2.62 bits per heavy atom. The maximum absolute atomic E-state index is 10.9. The van der Waals surface area contributed by atoms with Crippen LogP contribution in [0.3, 0.4) is 0 Å². The van der Waals surface area contributed by atoms with Gasteiger partial charge in [-0.3, -0.25) is 14.9 Å². The quantitative estimate of drug-likeness (QED) is 0.623. The first-order chi connectivity index (χ1) is 7.49. The van der Waals surface area contributed by atoms with E-state index in [2.05, 4.69) is 0 Å². The monoisotopic (exact) mass is 225 g/mol. The van der Waals surface area contributed by atoms with Crippen LogP contribution in [0, 0.1) is 10.1 Å². The second-order valence-corrected chi connectivity index (χ2v) is 3.22. The van der Waals surface area contributed by atoms with Crippen molar-refractivity contribution in [2.45, 2.75) is 12.8 Å². The van der Waals surface area contributed by atoms with Gasteiger partial charge in [0.25, 0.3) is 0 Å². The fraction of sp³-hybridized carbons (Fsp3) is 0.300. The normalized spacial score (nSPS) is 11.9. The number of para-hydroxylation sites is 1. The standard InChI is InChI=1S/C10H11NO5/c1-6(10(12)13)7-4-3-5-8(16-2)9(7)11(14)15/h3-6H,1-2H3,(H,12,13). The minimum Gasteiger partial charge on any atom is -0.490 e. The maximum atomic E-state index is 10.9. The Hall–Kier alpha value is -2.11. The number of nitrogens with zero attached hydrogens (tertiary/aromatic N) is 1. The Morgan fingerprint density at radius 2 is 2.19 bits per heavy atom. The number of benzene rings is 1. The van der Waals surface area contributed by atoms with E-state index in [4.69, 9.17) is 9.84 Å². The van der Waals surface area contributed by atoms with Gasteiger partial charge in [0.1, 0.15) is 0 Å². The number of carboxylic acids is 1. The number of aliphatic carboxylic acids is 1. The molecular weight excluding hydrogens is 214 g/mol. The minimum atomic E-state index is -1.11. The number of nitro benzene ring substituents is 1. The zero-order valence-corrected chi connectivity index (χ0v) is 8.84. The van der Waals surface area contributed by atoms with Crippen LogP contribution in [-0.4, -0.2) is 23.1 Å². The zero-order valence-electron chi connectivity index (χ0n) is 8.84. The van der Waals surface area contributed by atoms with Crippen molar-refractivity contribution in [3.63, 3.8) is 0 Å². The summed E-state index contributed by atoms with van der Waals surface area (Å²) < 4.78 is 4.84. The average molecular weight is 225 g/mol. The lowest BCUT2D eigenvalue weighted by Crippen LogP contribution is -2.10. The lowest BCUT2D eigenvalue weighted by Gasteiger charge is -2.09. The van der Waals surface area contributed by atoms with Gasteiger partial charge in [-0.05, 0) is 13.0 Å². The number of hydrogen-bond acceptors (Lipinski definition) is 4. The third-order valence-corrected chi connectivity index (χ3v) is 2.27. The minimum absolute atomic E-state index is 0.0654. The highest BCUT2D eigenvalue weighted by atomic mass is 16.6. The molecule has 0 aliphatic rings. The molecule has 0 radical (unpaired) electrons. The molecule has 1 N–H and O–H groups in total. The molecule has 1 aromatic carbocycles. The summed E-state index contributed by atoms with van der Waals surface area (Å²) in [5.74, 6) is -2.00. The van der Waals surface area contributed by atoms with Crippen molar-refractivity contribution in [3.05, 3.63) is 33.9 Å². The Kier molecular flexibility index (Phi) is 3.44. The fourth-order valence-electron chi connectivity index (χ4n) is 1.38. The maximum Gasteiger partial charge on any atom is 0.314 e. The molecule has 1 unspecified atom stereocenters. The van der Waals surface area contributed by atoms with E-state index in [0.29, 0.717) is 0 Å². The molecule has 0 saturated carbocycles. The highest BCUT2D eigenvalue weighted by molar-refractivity contribution is 5.78. The van der Waals surface area contributed by atoms with Crippen molar-refractivity contribution in [2.75, 3.05) is 7.11 Å². The van der Waals surface area contributed by atoms with Crippen LogP contribution in [0.2, 0.25) is 0 Å². The van der Waals surface area contributed by atoms with Gasteiger partial charge in [-0.15, -0.1) is 0 Å². The van der Waals surface area contributed by atoms with Crippen LogP contribution in [0.5, 0.6) is 5.75 Å². The second kappa shape index (κ2) is 4.61. The fourth-order valence-corrected chi connectivity index (χ4v) is 1.38. The van der Waals surface area contributed by atoms with Gasteiger partial charge in [0.05, 0.1) is 18.0 Å². The van der Waals surface area contributed by atoms with E-state index in [1.807, 2.05) is 0 Å². The third-order valence-electron chi connectivity index (χ3n) is 2.27. The lowest BCUT2D eigenvalue weighted by molar-refractivity contribution is -0.386. The summed E-state index contributed by atoms with van der Waals surface area (Å²) in [6.07, 6.45) is 0. The van der Waals surface area contributed by atoms with Crippen LogP contribution < -0.4 is 4.74 Å². The molecule has 6 nitrogen and oxygen atoms in total. The van der Waals surface area contributed by atoms with E-state index in [1.54, 1.807) is 0 Å². The number of methoxy groups -OCH3 is 1. The van der Waals surface area contributed by atoms with Crippen molar-refractivity contribution >= 4 is 11.7 Å². The Morgan fingerprint density at radius 1 is 1.56 bits per heavy atom. The lowest BCUT2D eigenvalue weighted by atomic mass is 9.99. The first-order valence-electron chi connectivity index (χ1n) is 4.53. The number of rotatable bonds is 4. The summed E-state index contributed by atoms with van der Waals surface area (Å²) in [7, 11) is 1.30. The number of hydrogen-bond donors (Lipinski definition) is 1. The first kappa shape index (κ1) is 12.0. The smallest absolute Gasteiger partial charge is 0.314 e. The van der Waals surface area contributed by atoms with Crippen molar-refractivity contribution in [1.82, 2.24) is 0 Å². The molecule has 1 rings (SSSR count). The Bertz CT molecular complexity index is 429. The van der Waals surface area contributed by atoms with Gasteiger partial charge >= 0.3 is 11.7 Å². The SMILES string of the molecule is COc1cccc(C(C)C(=O)O)c1[N+](=O)[O-]. The largest absolute Gasteiger partial charge is 0.490 e. The van der Waals surface area contributed by atoms with E-state index in [1.165, 1.54) is 32.2 Å². The van der Waals surface area contributed by atoms with Crippen LogP contribution in [0.25, 0.3) is 0 Å². The van der Waals surface area contributed by atoms with Gasteiger partial charge in [0.2, 0.25) is 0 Å². The summed E-state index contributed by atoms with van der Waals surface area (Å²) in [6, 6.07) is 4.37. The molecule has 0 aliphatic carbocycles. The molecular formula is C10H11NO5. The average Bonchev–Trinajstić information content (AvgIpc) is 2.26. The van der Waals surface area contributed by atoms with E-state index in [0.717, 1.165) is 0 Å². The molecule has 86 valence electrons. The van der Waals surface area contributed by atoms with Crippen molar-refractivity contribution in [1.29, 1.82) is 0 Å². The van der Waals surface area contributed by atoms with Crippen molar-refractivity contribution in [3.8, 4) is 5.75 Å². The predicted octanol–water partition coefficient (Wildman–Crippen LogP) is 1.79. The molecule has 0 amide bonds. The van der Waals surface area contributed by atoms with Gasteiger partial charge < -0.3 is 9.84 Å². The molecule has 0 heterocycles. The second-order valence-electron chi connectivity index (χ2n) is 3.22.